The second-order valence-electron chi connectivity index (χ2n) is 6.47. The quantitative estimate of drug-likeness (QED) is 0.363. The molecule has 1 heterocycles. The first-order valence-electron chi connectivity index (χ1n) is 9.83. The molecule has 29 heavy (non-hydrogen) atoms. The second-order valence-corrected chi connectivity index (χ2v) is 6.47. The van der Waals surface area contributed by atoms with Crippen LogP contribution in [0.4, 0.5) is 0 Å². The van der Waals surface area contributed by atoms with E-state index in [9.17, 15) is 14.4 Å². The molecule has 0 atom stereocenters. The molecular formula is C20H28N4O5. The van der Waals surface area contributed by atoms with Gasteiger partial charge >= 0.3 is 11.8 Å². The van der Waals surface area contributed by atoms with Gasteiger partial charge in [0.05, 0.1) is 12.8 Å². The predicted molar refractivity (Wildman–Crippen MR) is 108 cm³/mol. The molecule has 1 saturated heterocycles. The van der Waals surface area contributed by atoms with E-state index in [1.165, 1.54) is 6.21 Å². The number of rotatable bonds is 9. The van der Waals surface area contributed by atoms with Crippen LogP contribution in [0.3, 0.4) is 0 Å². The molecule has 0 aliphatic carbocycles. The van der Waals surface area contributed by atoms with Crippen molar-refractivity contribution in [3.05, 3.63) is 23.8 Å². The number of hydrazone groups is 1. The summed E-state index contributed by atoms with van der Waals surface area (Å²) in [5.74, 6) is -0.678. The van der Waals surface area contributed by atoms with Crippen molar-refractivity contribution < 1.29 is 23.9 Å². The van der Waals surface area contributed by atoms with E-state index in [4.69, 9.17) is 9.47 Å². The van der Waals surface area contributed by atoms with Crippen molar-refractivity contribution in [1.29, 1.82) is 0 Å². The summed E-state index contributed by atoms with van der Waals surface area (Å²) in [7, 11) is 0. The van der Waals surface area contributed by atoms with E-state index in [0.717, 1.165) is 32.4 Å². The van der Waals surface area contributed by atoms with Gasteiger partial charge in [0.2, 0.25) is 0 Å². The molecule has 9 nitrogen and oxygen atoms in total. The maximum absolute atomic E-state index is 12.1. The molecule has 0 saturated carbocycles. The molecule has 0 unspecified atom stereocenters. The van der Waals surface area contributed by atoms with Gasteiger partial charge in [-0.3, -0.25) is 14.4 Å². The van der Waals surface area contributed by atoms with Crippen LogP contribution in [0.2, 0.25) is 0 Å². The third-order valence-corrected chi connectivity index (χ3v) is 4.20. The second kappa shape index (κ2) is 11.7. The third kappa shape index (κ3) is 7.10. The minimum absolute atomic E-state index is 0.0420. The molecule has 158 valence electrons. The summed E-state index contributed by atoms with van der Waals surface area (Å²) in [4.78, 5) is 37.0. The van der Waals surface area contributed by atoms with Gasteiger partial charge in [0.25, 0.3) is 5.91 Å². The number of benzene rings is 1. The Hall–Kier alpha value is -3.10. The van der Waals surface area contributed by atoms with Gasteiger partial charge in [-0.05, 0) is 49.9 Å². The first-order valence-corrected chi connectivity index (χ1v) is 9.83. The molecule has 1 aliphatic rings. The van der Waals surface area contributed by atoms with Gasteiger partial charge in [0.1, 0.15) is 0 Å². The van der Waals surface area contributed by atoms with Crippen LogP contribution in [-0.2, 0) is 14.4 Å². The minimum atomic E-state index is -0.833. The lowest BCUT2D eigenvalue weighted by atomic mass is 10.2. The van der Waals surface area contributed by atoms with Crippen LogP contribution < -0.4 is 20.2 Å². The van der Waals surface area contributed by atoms with Gasteiger partial charge in [-0.2, -0.15) is 5.10 Å². The molecule has 0 radical (unpaired) electrons. The Morgan fingerprint density at radius 3 is 2.55 bits per heavy atom. The number of hydrogen-bond acceptors (Lipinski definition) is 6. The summed E-state index contributed by atoms with van der Waals surface area (Å²) in [6, 6.07) is 5.08. The summed E-state index contributed by atoms with van der Waals surface area (Å²) in [5.41, 5.74) is 2.81. The molecule has 1 aromatic carbocycles. The summed E-state index contributed by atoms with van der Waals surface area (Å²) in [6.45, 7) is 6.09. The van der Waals surface area contributed by atoms with E-state index in [-0.39, 0.29) is 12.5 Å². The molecule has 2 N–H and O–H groups in total. The molecule has 9 heteroatoms. The topological polar surface area (TPSA) is 109 Å². The van der Waals surface area contributed by atoms with Gasteiger partial charge in [-0.15, -0.1) is 0 Å². The van der Waals surface area contributed by atoms with Crippen LogP contribution in [0.25, 0.3) is 0 Å². The van der Waals surface area contributed by atoms with Crippen molar-refractivity contribution in [1.82, 2.24) is 15.6 Å². The number of likely N-dealkylation sites (tertiary alicyclic amines) is 1. The van der Waals surface area contributed by atoms with Crippen molar-refractivity contribution in [2.75, 3.05) is 32.8 Å². The first kappa shape index (κ1) is 22.2. The lowest BCUT2D eigenvalue weighted by molar-refractivity contribution is -0.139. The zero-order chi connectivity index (χ0) is 21.1. The smallest absolute Gasteiger partial charge is 0.329 e. The summed E-state index contributed by atoms with van der Waals surface area (Å²) < 4.78 is 11.2. The van der Waals surface area contributed by atoms with E-state index < -0.39 is 11.8 Å². The standard InChI is InChI=1S/C20H28N4O5/c1-3-9-21-19(26)20(27)23-22-13-15-7-8-16(17(12-15)28-4-2)29-14-18(25)24-10-5-6-11-24/h7-8,12-13H,3-6,9-11,14H2,1-2H3,(H,21,26)(H,23,27)/b22-13-. The summed E-state index contributed by atoms with van der Waals surface area (Å²) >= 11 is 0. The van der Waals surface area contributed by atoms with Gasteiger partial charge in [-0.1, -0.05) is 6.92 Å². The van der Waals surface area contributed by atoms with E-state index in [1.807, 2.05) is 13.8 Å². The highest BCUT2D eigenvalue weighted by Crippen LogP contribution is 2.28. The van der Waals surface area contributed by atoms with E-state index in [2.05, 4.69) is 15.8 Å². The number of nitrogens with zero attached hydrogens (tertiary/aromatic N) is 2. The van der Waals surface area contributed by atoms with Gasteiger partial charge in [-0.25, -0.2) is 5.43 Å². The van der Waals surface area contributed by atoms with Crippen molar-refractivity contribution in [2.45, 2.75) is 33.1 Å². The maximum Gasteiger partial charge on any atom is 0.329 e. The van der Waals surface area contributed by atoms with Crippen molar-refractivity contribution in [2.24, 2.45) is 5.10 Å². The summed E-state index contributed by atoms with van der Waals surface area (Å²) in [5, 5.41) is 6.25. The lowest BCUT2D eigenvalue weighted by Gasteiger charge is -2.17. The molecule has 1 fully saturated rings. The highest BCUT2D eigenvalue weighted by Gasteiger charge is 2.19. The predicted octanol–water partition coefficient (Wildman–Crippen LogP) is 1.06. The zero-order valence-electron chi connectivity index (χ0n) is 16.9. The van der Waals surface area contributed by atoms with E-state index in [1.54, 1.807) is 23.1 Å². The third-order valence-electron chi connectivity index (χ3n) is 4.20. The Bertz CT molecular complexity index is 744. The van der Waals surface area contributed by atoms with E-state index in [0.29, 0.717) is 30.2 Å². The van der Waals surface area contributed by atoms with Crippen LogP contribution in [0.5, 0.6) is 11.5 Å². The van der Waals surface area contributed by atoms with Crippen LogP contribution >= 0.6 is 0 Å². The fourth-order valence-corrected chi connectivity index (χ4v) is 2.72. The average Bonchev–Trinajstić information content (AvgIpc) is 3.26. The Balaban J connectivity index is 1.94. The van der Waals surface area contributed by atoms with Crippen LogP contribution in [0, 0.1) is 0 Å². The van der Waals surface area contributed by atoms with Crippen molar-refractivity contribution in [3.63, 3.8) is 0 Å². The van der Waals surface area contributed by atoms with Gasteiger partial charge < -0.3 is 19.7 Å². The van der Waals surface area contributed by atoms with Crippen molar-refractivity contribution in [3.8, 4) is 11.5 Å². The number of carbonyl (C=O) groups is 3. The largest absolute Gasteiger partial charge is 0.490 e. The Kier molecular flexibility index (Phi) is 8.94. The van der Waals surface area contributed by atoms with Crippen molar-refractivity contribution >= 4 is 23.9 Å². The number of nitrogens with one attached hydrogen (secondary N) is 2. The molecular weight excluding hydrogens is 376 g/mol. The molecule has 3 amide bonds. The fraction of sp³-hybridized carbons (Fsp3) is 0.500. The Morgan fingerprint density at radius 1 is 1.10 bits per heavy atom. The van der Waals surface area contributed by atoms with Gasteiger partial charge in [0, 0.05) is 19.6 Å². The van der Waals surface area contributed by atoms with Crippen LogP contribution in [-0.4, -0.2) is 61.7 Å². The first-order chi connectivity index (χ1) is 14.0. The molecule has 0 spiro atoms. The zero-order valence-corrected chi connectivity index (χ0v) is 16.9. The molecule has 2 rings (SSSR count). The van der Waals surface area contributed by atoms with Crippen LogP contribution in [0.1, 0.15) is 38.7 Å². The van der Waals surface area contributed by atoms with Crippen LogP contribution in [0.15, 0.2) is 23.3 Å². The fourth-order valence-electron chi connectivity index (χ4n) is 2.72. The number of hydrogen-bond donors (Lipinski definition) is 2. The summed E-state index contributed by atoms with van der Waals surface area (Å²) in [6.07, 6.45) is 4.19. The number of carbonyl (C=O) groups excluding carboxylic acids is 3. The Labute approximate surface area is 170 Å². The highest BCUT2D eigenvalue weighted by atomic mass is 16.5. The number of ether oxygens (including phenoxy) is 2. The highest BCUT2D eigenvalue weighted by molar-refractivity contribution is 6.35. The average molecular weight is 404 g/mol. The molecule has 1 aliphatic heterocycles. The Morgan fingerprint density at radius 2 is 1.86 bits per heavy atom. The lowest BCUT2D eigenvalue weighted by Crippen LogP contribution is -2.38. The number of amides is 3. The SMILES string of the molecule is CCCNC(=O)C(=O)N/N=C\c1ccc(OCC(=O)N2CCCC2)c(OCC)c1. The van der Waals surface area contributed by atoms with Gasteiger partial charge in [0.15, 0.2) is 18.1 Å². The van der Waals surface area contributed by atoms with E-state index >= 15 is 0 Å². The molecule has 1 aromatic rings. The molecule has 0 bridgehead atoms. The minimum Gasteiger partial charge on any atom is -0.490 e. The maximum atomic E-state index is 12.1. The monoisotopic (exact) mass is 404 g/mol. The normalized spacial score (nSPS) is 13.4. The molecule has 0 aromatic heterocycles.